The zero-order valence-electron chi connectivity index (χ0n) is 18.2. The lowest BCUT2D eigenvalue weighted by atomic mass is 10.1. The van der Waals surface area contributed by atoms with Gasteiger partial charge < -0.3 is 15.2 Å². The molecule has 0 aliphatic rings. The Bertz CT molecular complexity index is 1090. The summed E-state index contributed by atoms with van der Waals surface area (Å²) in [6.07, 6.45) is 0. The average molecular weight is 438 g/mol. The summed E-state index contributed by atoms with van der Waals surface area (Å²) in [5.41, 5.74) is 4.50. The van der Waals surface area contributed by atoms with Gasteiger partial charge in [-0.1, -0.05) is 42.1 Å². The maximum absolute atomic E-state index is 12.5. The van der Waals surface area contributed by atoms with Gasteiger partial charge in [0.15, 0.2) is 11.0 Å². The van der Waals surface area contributed by atoms with Gasteiger partial charge in [0, 0.05) is 17.8 Å². The molecule has 0 atom stereocenters. The summed E-state index contributed by atoms with van der Waals surface area (Å²) in [4.78, 5) is 24.9. The van der Waals surface area contributed by atoms with Crippen molar-refractivity contribution in [3.63, 3.8) is 0 Å². The molecule has 0 bridgehead atoms. The van der Waals surface area contributed by atoms with Crippen LogP contribution in [-0.4, -0.2) is 32.3 Å². The second-order valence-electron chi connectivity index (χ2n) is 7.30. The minimum atomic E-state index is -0.147. The predicted octanol–water partition coefficient (Wildman–Crippen LogP) is 3.88. The molecule has 0 spiro atoms. The molecule has 0 unspecified atom stereocenters. The maximum Gasteiger partial charge on any atom is 0.251 e. The molecule has 7 nitrogen and oxygen atoms in total. The lowest BCUT2D eigenvalue weighted by Gasteiger charge is -2.10. The zero-order valence-corrected chi connectivity index (χ0v) is 19.0. The highest BCUT2D eigenvalue weighted by Gasteiger charge is 2.15. The highest BCUT2D eigenvalue weighted by Crippen LogP contribution is 2.20. The minimum Gasteiger partial charge on any atom is -0.345 e. The third-order valence-electron chi connectivity index (χ3n) is 4.91. The van der Waals surface area contributed by atoms with E-state index in [1.807, 2.05) is 68.7 Å². The second-order valence-corrected chi connectivity index (χ2v) is 8.24. The molecule has 162 valence electrons. The molecule has 3 rings (SSSR count). The van der Waals surface area contributed by atoms with Crippen LogP contribution in [0.1, 0.15) is 39.8 Å². The lowest BCUT2D eigenvalue weighted by molar-refractivity contribution is -0.113. The Hall–Kier alpha value is -3.13. The number of carbonyl (C=O) groups excluding carboxylic acids is 2. The van der Waals surface area contributed by atoms with Crippen molar-refractivity contribution in [2.75, 3.05) is 11.1 Å². The molecule has 0 saturated carbocycles. The van der Waals surface area contributed by atoms with Crippen molar-refractivity contribution in [2.24, 2.45) is 0 Å². The Morgan fingerprint density at radius 2 is 1.81 bits per heavy atom. The van der Waals surface area contributed by atoms with Crippen LogP contribution in [0.25, 0.3) is 0 Å². The van der Waals surface area contributed by atoms with Crippen LogP contribution in [0.5, 0.6) is 0 Å². The lowest BCUT2D eigenvalue weighted by Crippen LogP contribution is -2.25. The van der Waals surface area contributed by atoms with E-state index in [0.717, 1.165) is 22.4 Å². The number of aromatic nitrogens is 3. The van der Waals surface area contributed by atoms with Crippen LogP contribution in [0.4, 0.5) is 5.69 Å². The van der Waals surface area contributed by atoms with E-state index in [-0.39, 0.29) is 24.1 Å². The summed E-state index contributed by atoms with van der Waals surface area (Å²) >= 11 is 1.33. The molecule has 3 aromatic rings. The number of rotatable bonds is 8. The fourth-order valence-electron chi connectivity index (χ4n) is 3.14. The predicted molar refractivity (Wildman–Crippen MR) is 123 cm³/mol. The van der Waals surface area contributed by atoms with Crippen LogP contribution in [-0.2, 0) is 17.9 Å². The van der Waals surface area contributed by atoms with Gasteiger partial charge in [-0.3, -0.25) is 9.59 Å². The number of thioether (sulfide) groups is 1. The first kappa shape index (κ1) is 22.6. The molecular formula is C23H27N5O2S. The van der Waals surface area contributed by atoms with Gasteiger partial charge >= 0.3 is 0 Å². The molecule has 31 heavy (non-hydrogen) atoms. The number of nitrogens with one attached hydrogen (secondary N) is 2. The summed E-state index contributed by atoms with van der Waals surface area (Å²) in [6.45, 7) is 8.75. The van der Waals surface area contributed by atoms with Crippen LogP contribution < -0.4 is 10.6 Å². The van der Waals surface area contributed by atoms with Gasteiger partial charge in [-0.05, 0) is 56.5 Å². The Kier molecular flexibility index (Phi) is 7.46. The Morgan fingerprint density at radius 1 is 1.03 bits per heavy atom. The van der Waals surface area contributed by atoms with Crippen LogP contribution in [0, 0.1) is 20.8 Å². The van der Waals surface area contributed by atoms with E-state index in [1.165, 1.54) is 11.8 Å². The smallest absolute Gasteiger partial charge is 0.251 e. The normalized spacial score (nSPS) is 10.7. The SMILES string of the molecule is CCn1c(CNC(=O)c2ccccc2C)nnc1SCC(=O)Nc1cc(C)ccc1C. The van der Waals surface area contributed by atoms with Crippen molar-refractivity contribution in [1.82, 2.24) is 20.1 Å². The highest BCUT2D eigenvalue weighted by molar-refractivity contribution is 7.99. The molecule has 0 fully saturated rings. The Morgan fingerprint density at radius 3 is 2.55 bits per heavy atom. The third kappa shape index (κ3) is 5.73. The van der Waals surface area contributed by atoms with E-state index in [1.54, 1.807) is 6.07 Å². The van der Waals surface area contributed by atoms with E-state index >= 15 is 0 Å². The number of amides is 2. The van der Waals surface area contributed by atoms with E-state index in [2.05, 4.69) is 20.8 Å². The molecule has 2 aromatic carbocycles. The first-order valence-corrected chi connectivity index (χ1v) is 11.1. The van der Waals surface area contributed by atoms with Crippen molar-refractivity contribution in [3.8, 4) is 0 Å². The van der Waals surface area contributed by atoms with Crippen LogP contribution in [0.2, 0.25) is 0 Å². The first-order valence-electron chi connectivity index (χ1n) is 10.1. The molecule has 1 heterocycles. The molecule has 0 aliphatic heterocycles. The summed E-state index contributed by atoms with van der Waals surface area (Å²) in [5.74, 6) is 0.632. The van der Waals surface area contributed by atoms with E-state index in [4.69, 9.17) is 0 Å². The minimum absolute atomic E-state index is 0.0984. The van der Waals surface area contributed by atoms with E-state index in [0.29, 0.717) is 23.1 Å². The zero-order chi connectivity index (χ0) is 22.4. The second kappa shape index (κ2) is 10.3. The number of hydrogen-bond donors (Lipinski definition) is 2. The van der Waals surface area contributed by atoms with Crippen molar-refractivity contribution in [3.05, 3.63) is 70.5 Å². The topological polar surface area (TPSA) is 88.9 Å². The fourth-order valence-corrected chi connectivity index (χ4v) is 3.96. The van der Waals surface area contributed by atoms with Gasteiger partial charge in [0.05, 0.1) is 12.3 Å². The number of anilines is 1. The highest BCUT2D eigenvalue weighted by atomic mass is 32.2. The largest absolute Gasteiger partial charge is 0.345 e. The number of hydrogen-bond acceptors (Lipinski definition) is 5. The van der Waals surface area contributed by atoms with Gasteiger partial charge in [0.1, 0.15) is 0 Å². The van der Waals surface area contributed by atoms with Gasteiger partial charge in [-0.15, -0.1) is 10.2 Å². The first-order chi connectivity index (χ1) is 14.9. The molecule has 2 amide bonds. The fraction of sp³-hybridized carbons (Fsp3) is 0.304. The van der Waals surface area contributed by atoms with Crippen LogP contribution >= 0.6 is 11.8 Å². The molecule has 2 N–H and O–H groups in total. The number of benzene rings is 2. The Labute approximate surface area is 186 Å². The van der Waals surface area contributed by atoms with Gasteiger partial charge in [0.25, 0.3) is 5.91 Å². The monoisotopic (exact) mass is 437 g/mol. The summed E-state index contributed by atoms with van der Waals surface area (Å²) < 4.78 is 1.91. The van der Waals surface area contributed by atoms with Crippen LogP contribution in [0.15, 0.2) is 47.6 Å². The quantitative estimate of drug-likeness (QED) is 0.522. The Balaban J connectivity index is 1.59. The van der Waals surface area contributed by atoms with Gasteiger partial charge in [-0.2, -0.15) is 0 Å². The van der Waals surface area contributed by atoms with Crippen molar-refractivity contribution in [2.45, 2.75) is 45.9 Å². The molecular weight excluding hydrogens is 410 g/mol. The van der Waals surface area contributed by atoms with Crippen LogP contribution in [0.3, 0.4) is 0 Å². The standard InChI is InChI=1S/C23H27N5O2S/c1-5-28-20(13-24-22(30)18-9-7-6-8-16(18)3)26-27-23(28)31-14-21(29)25-19-12-15(2)10-11-17(19)4/h6-12H,5,13-14H2,1-4H3,(H,24,30)(H,25,29). The number of aryl methyl sites for hydroxylation is 3. The molecule has 1 aromatic heterocycles. The van der Waals surface area contributed by atoms with E-state index < -0.39 is 0 Å². The van der Waals surface area contributed by atoms with Crippen molar-refractivity contribution < 1.29 is 9.59 Å². The maximum atomic E-state index is 12.5. The average Bonchev–Trinajstić information content (AvgIpc) is 3.15. The van der Waals surface area contributed by atoms with Gasteiger partial charge in [-0.25, -0.2) is 0 Å². The third-order valence-corrected chi connectivity index (χ3v) is 5.87. The number of carbonyl (C=O) groups is 2. The van der Waals surface area contributed by atoms with Crippen molar-refractivity contribution >= 4 is 29.3 Å². The summed E-state index contributed by atoms with van der Waals surface area (Å²) in [7, 11) is 0. The van der Waals surface area contributed by atoms with Gasteiger partial charge in [0.2, 0.25) is 5.91 Å². The van der Waals surface area contributed by atoms with E-state index in [9.17, 15) is 9.59 Å². The summed E-state index contributed by atoms with van der Waals surface area (Å²) in [6, 6.07) is 13.4. The summed E-state index contributed by atoms with van der Waals surface area (Å²) in [5, 5.41) is 14.9. The number of nitrogens with zero attached hydrogens (tertiary/aromatic N) is 3. The molecule has 8 heteroatoms. The molecule has 0 saturated heterocycles. The molecule has 0 radical (unpaired) electrons. The molecule has 0 aliphatic carbocycles. The van der Waals surface area contributed by atoms with Crippen molar-refractivity contribution in [1.29, 1.82) is 0 Å².